The van der Waals surface area contributed by atoms with Gasteiger partial charge in [0, 0.05) is 11.2 Å². The first kappa shape index (κ1) is 12.7. The largest absolute Gasteiger partial charge is 0.256 e. The third kappa shape index (κ3) is 2.74. The predicted octanol–water partition coefficient (Wildman–Crippen LogP) is 4.68. The number of aryl methyl sites for hydroxylation is 1. The van der Waals surface area contributed by atoms with E-state index in [4.69, 9.17) is 11.6 Å². The molecule has 0 aliphatic heterocycles. The molecule has 0 spiro atoms. The summed E-state index contributed by atoms with van der Waals surface area (Å²) in [4.78, 5) is 4.02. The van der Waals surface area contributed by atoms with Gasteiger partial charge < -0.3 is 0 Å². The Kier molecular flexibility index (Phi) is 3.72. The first-order valence-corrected chi connectivity index (χ1v) is 5.70. The number of benzene rings is 2. The number of aliphatic imine (C=N–C) groups is 1. The molecule has 0 saturated carbocycles. The van der Waals surface area contributed by atoms with E-state index in [0.29, 0.717) is 16.3 Å². The van der Waals surface area contributed by atoms with Gasteiger partial charge in [0.05, 0.1) is 11.3 Å². The molecule has 0 aliphatic carbocycles. The van der Waals surface area contributed by atoms with Crippen molar-refractivity contribution >= 4 is 23.5 Å². The highest BCUT2D eigenvalue weighted by Gasteiger charge is 2.08. The van der Waals surface area contributed by atoms with Crippen LogP contribution in [0.4, 0.5) is 14.5 Å². The van der Waals surface area contributed by atoms with Crippen LogP contribution < -0.4 is 0 Å². The van der Waals surface area contributed by atoms with Crippen LogP contribution in [-0.4, -0.2) is 6.21 Å². The molecule has 0 saturated heterocycles. The molecule has 0 amide bonds. The summed E-state index contributed by atoms with van der Waals surface area (Å²) in [5, 5.41) is 0.585. The fourth-order valence-corrected chi connectivity index (χ4v) is 1.59. The Morgan fingerprint density at radius 1 is 1.06 bits per heavy atom. The van der Waals surface area contributed by atoms with Crippen molar-refractivity contribution in [3.8, 4) is 0 Å². The average molecular weight is 266 g/mol. The summed E-state index contributed by atoms with van der Waals surface area (Å²) in [7, 11) is 0. The average Bonchev–Trinajstić information content (AvgIpc) is 2.36. The van der Waals surface area contributed by atoms with Gasteiger partial charge in [-0.3, -0.25) is 4.99 Å². The normalized spacial score (nSPS) is 11.1. The first-order chi connectivity index (χ1) is 8.58. The smallest absolute Gasteiger partial charge is 0.137 e. The van der Waals surface area contributed by atoms with Crippen LogP contribution in [0.1, 0.15) is 11.1 Å². The number of hydrogen-bond acceptors (Lipinski definition) is 1. The van der Waals surface area contributed by atoms with Crippen LogP contribution in [0.25, 0.3) is 0 Å². The minimum absolute atomic E-state index is 0.134. The lowest BCUT2D eigenvalue weighted by Gasteiger charge is -2.02. The Bertz CT molecular complexity index is 591. The standard InChI is InChI=1S/C14H10ClF2N/c1-9-2-7-13(16)12(14(9)17)8-18-11-5-3-10(15)4-6-11/h2-8H,1H3/b18-8+. The highest BCUT2D eigenvalue weighted by Crippen LogP contribution is 2.18. The third-order valence-corrected chi connectivity index (χ3v) is 2.74. The van der Waals surface area contributed by atoms with Crippen LogP contribution >= 0.6 is 11.6 Å². The van der Waals surface area contributed by atoms with E-state index in [1.807, 2.05) is 0 Å². The maximum atomic E-state index is 13.7. The van der Waals surface area contributed by atoms with Crippen molar-refractivity contribution in [2.45, 2.75) is 6.92 Å². The number of halogens is 3. The lowest BCUT2D eigenvalue weighted by molar-refractivity contribution is 0.574. The van der Waals surface area contributed by atoms with Crippen LogP contribution in [-0.2, 0) is 0 Å². The molecule has 0 fully saturated rings. The van der Waals surface area contributed by atoms with E-state index in [0.717, 1.165) is 0 Å². The molecule has 1 nitrogen and oxygen atoms in total. The summed E-state index contributed by atoms with van der Waals surface area (Å²) in [6.07, 6.45) is 1.18. The van der Waals surface area contributed by atoms with Gasteiger partial charge in [-0.1, -0.05) is 17.7 Å². The van der Waals surface area contributed by atoms with Crippen molar-refractivity contribution < 1.29 is 8.78 Å². The van der Waals surface area contributed by atoms with Gasteiger partial charge in [-0.05, 0) is 42.8 Å². The summed E-state index contributed by atoms with van der Waals surface area (Å²) in [5.41, 5.74) is 0.832. The minimum Gasteiger partial charge on any atom is -0.256 e. The molecule has 0 heterocycles. The Morgan fingerprint density at radius 3 is 2.39 bits per heavy atom. The van der Waals surface area contributed by atoms with Gasteiger partial charge in [0.25, 0.3) is 0 Å². The van der Waals surface area contributed by atoms with E-state index in [2.05, 4.69) is 4.99 Å². The van der Waals surface area contributed by atoms with Crippen molar-refractivity contribution in [1.82, 2.24) is 0 Å². The summed E-state index contributed by atoms with van der Waals surface area (Å²) in [6.45, 7) is 1.58. The van der Waals surface area contributed by atoms with Crippen molar-refractivity contribution in [1.29, 1.82) is 0 Å². The van der Waals surface area contributed by atoms with E-state index in [9.17, 15) is 8.78 Å². The van der Waals surface area contributed by atoms with Crippen LogP contribution in [0.15, 0.2) is 41.4 Å². The molecule has 0 N–H and O–H groups in total. The van der Waals surface area contributed by atoms with Gasteiger partial charge in [0.2, 0.25) is 0 Å². The topological polar surface area (TPSA) is 12.4 Å². The van der Waals surface area contributed by atoms with Crippen molar-refractivity contribution in [2.24, 2.45) is 4.99 Å². The zero-order valence-corrected chi connectivity index (χ0v) is 10.4. The lowest BCUT2D eigenvalue weighted by Crippen LogP contribution is -1.96. The zero-order valence-electron chi connectivity index (χ0n) is 9.62. The van der Waals surface area contributed by atoms with Crippen molar-refractivity contribution in [2.75, 3.05) is 0 Å². The molecule has 2 aromatic carbocycles. The highest BCUT2D eigenvalue weighted by atomic mass is 35.5. The maximum absolute atomic E-state index is 13.7. The second-order valence-electron chi connectivity index (χ2n) is 3.83. The summed E-state index contributed by atoms with van der Waals surface area (Å²) in [6, 6.07) is 9.29. The second-order valence-corrected chi connectivity index (χ2v) is 4.26. The van der Waals surface area contributed by atoms with Gasteiger partial charge in [0.1, 0.15) is 11.6 Å². The molecule has 0 aliphatic rings. The van der Waals surface area contributed by atoms with E-state index in [1.165, 1.54) is 18.3 Å². The Labute approximate surface area is 109 Å². The van der Waals surface area contributed by atoms with E-state index in [1.54, 1.807) is 31.2 Å². The molecule has 0 unspecified atom stereocenters. The van der Waals surface area contributed by atoms with Gasteiger partial charge in [-0.15, -0.1) is 0 Å². The quantitative estimate of drug-likeness (QED) is 0.699. The molecule has 0 aromatic heterocycles. The highest BCUT2D eigenvalue weighted by molar-refractivity contribution is 6.30. The number of rotatable bonds is 2. The van der Waals surface area contributed by atoms with Crippen molar-refractivity contribution in [3.05, 3.63) is 64.2 Å². The maximum Gasteiger partial charge on any atom is 0.137 e. The fraction of sp³-hybridized carbons (Fsp3) is 0.0714. The molecule has 0 radical (unpaired) electrons. The molecular formula is C14H10ClF2N. The van der Waals surface area contributed by atoms with E-state index < -0.39 is 11.6 Å². The first-order valence-electron chi connectivity index (χ1n) is 5.32. The van der Waals surface area contributed by atoms with Crippen LogP contribution in [0.3, 0.4) is 0 Å². The van der Waals surface area contributed by atoms with Gasteiger partial charge >= 0.3 is 0 Å². The molecule has 2 aromatic rings. The Hall–Kier alpha value is -1.74. The fourth-order valence-electron chi connectivity index (χ4n) is 1.46. The van der Waals surface area contributed by atoms with Gasteiger partial charge in [-0.2, -0.15) is 0 Å². The molecule has 0 bridgehead atoms. The van der Waals surface area contributed by atoms with Crippen LogP contribution in [0, 0.1) is 18.6 Å². The monoisotopic (exact) mass is 265 g/mol. The summed E-state index contributed by atoms with van der Waals surface area (Å²) >= 11 is 5.73. The van der Waals surface area contributed by atoms with Gasteiger partial charge in [0.15, 0.2) is 0 Å². The Morgan fingerprint density at radius 2 is 1.72 bits per heavy atom. The molecular weight excluding hydrogens is 256 g/mol. The predicted molar refractivity (Wildman–Crippen MR) is 69.8 cm³/mol. The van der Waals surface area contributed by atoms with E-state index in [-0.39, 0.29) is 5.56 Å². The van der Waals surface area contributed by atoms with Gasteiger partial charge in [-0.25, -0.2) is 8.78 Å². The molecule has 18 heavy (non-hydrogen) atoms. The zero-order chi connectivity index (χ0) is 13.1. The number of nitrogens with zero attached hydrogens (tertiary/aromatic N) is 1. The Balaban J connectivity index is 2.34. The lowest BCUT2D eigenvalue weighted by atomic mass is 10.1. The third-order valence-electron chi connectivity index (χ3n) is 2.49. The SMILES string of the molecule is Cc1ccc(F)c(/C=N/c2ccc(Cl)cc2)c1F. The van der Waals surface area contributed by atoms with Crippen LogP contribution in [0.5, 0.6) is 0 Å². The second kappa shape index (κ2) is 5.27. The molecule has 2 rings (SSSR count). The minimum atomic E-state index is -0.629. The van der Waals surface area contributed by atoms with Crippen LogP contribution in [0.2, 0.25) is 5.02 Å². The summed E-state index contributed by atoms with van der Waals surface area (Å²) in [5.74, 6) is -1.22. The molecule has 92 valence electrons. The summed E-state index contributed by atoms with van der Waals surface area (Å²) < 4.78 is 27.1. The number of hydrogen-bond donors (Lipinski definition) is 0. The molecule has 0 atom stereocenters. The van der Waals surface area contributed by atoms with E-state index >= 15 is 0 Å². The molecule has 4 heteroatoms. The van der Waals surface area contributed by atoms with Crippen molar-refractivity contribution in [3.63, 3.8) is 0 Å².